The van der Waals surface area contributed by atoms with Gasteiger partial charge >= 0.3 is 6.18 Å². The van der Waals surface area contributed by atoms with Crippen LogP contribution in [0.2, 0.25) is 0 Å². The molecule has 0 radical (unpaired) electrons. The number of carbonyl (C=O) groups excluding carboxylic acids is 1. The summed E-state index contributed by atoms with van der Waals surface area (Å²) in [4.78, 5) is 30.9. The second-order valence-electron chi connectivity index (χ2n) is 5.83. The first-order chi connectivity index (χ1) is 12.8. The molecule has 0 unspecified atom stereocenters. The van der Waals surface area contributed by atoms with Crippen LogP contribution in [0.25, 0.3) is 21.5 Å². The van der Waals surface area contributed by atoms with Gasteiger partial charge in [0.1, 0.15) is 21.7 Å². The average molecular weight is 396 g/mol. The van der Waals surface area contributed by atoms with Gasteiger partial charge in [-0.25, -0.2) is 4.98 Å². The summed E-state index contributed by atoms with van der Waals surface area (Å²) in [5, 5.41) is 2.67. The van der Waals surface area contributed by atoms with Crippen LogP contribution in [-0.4, -0.2) is 26.8 Å². The van der Waals surface area contributed by atoms with Crippen LogP contribution < -0.4 is 10.9 Å². The largest absolute Gasteiger partial charge is 0.416 e. The Labute approximate surface area is 155 Å². The van der Waals surface area contributed by atoms with Gasteiger partial charge in [0.05, 0.1) is 12.0 Å². The van der Waals surface area contributed by atoms with E-state index >= 15 is 0 Å². The third-order valence-electron chi connectivity index (χ3n) is 3.74. The van der Waals surface area contributed by atoms with Crippen molar-refractivity contribution in [3.8, 4) is 11.3 Å². The Morgan fingerprint density at radius 3 is 2.81 bits per heavy atom. The molecule has 1 aromatic carbocycles. The lowest BCUT2D eigenvalue weighted by Crippen LogP contribution is -2.27. The zero-order chi connectivity index (χ0) is 19.6. The van der Waals surface area contributed by atoms with E-state index in [4.69, 9.17) is 0 Å². The molecule has 0 aliphatic rings. The van der Waals surface area contributed by atoms with Gasteiger partial charge in [-0.05, 0) is 30.1 Å². The summed E-state index contributed by atoms with van der Waals surface area (Å²) in [6.07, 6.45) is -3.86. The normalized spacial score (nSPS) is 11.7. The van der Waals surface area contributed by atoms with Crippen molar-refractivity contribution in [2.24, 2.45) is 0 Å². The molecule has 0 saturated heterocycles. The number of hydrogen-bond acceptors (Lipinski definition) is 5. The topological polar surface area (TPSA) is 87.7 Å². The molecule has 2 N–H and O–H groups in total. The monoisotopic (exact) mass is 396 g/mol. The number of benzene rings is 1. The number of carbonyl (C=O) groups is 1. The molecular formula is C17H15F3N4O2S. The number of nitrogens with zero attached hydrogens (tertiary/aromatic N) is 2. The molecule has 1 amide bonds. The second-order valence-corrected chi connectivity index (χ2v) is 6.60. The first-order valence-electron chi connectivity index (χ1n) is 8.12. The predicted molar refractivity (Wildman–Crippen MR) is 95.5 cm³/mol. The zero-order valence-corrected chi connectivity index (χ0v) is 15.0. The molecule has 0 saturated carbocycles. The molecule has 2 aromatic heterocycles. The molecule has 10 heteroatoms. The minimum atomic E-state index is -4.49. The smallest absolute Gasteiger partial charge is 0.356 e. The number of rotatable bonds is 5. The lowest BCUT2D eigenvalue weighted by atomic mass is 10.1. The number of halogens is 3. The molecule has 6 nitrogen and oxygen atoms in total. The van der Waals surface area contributed by atoms with Crippen molar-refractivity contribution < 1.29 is 18.0 Å². The number of alkyl halides is 3. The van der Waals surface area contributed by atoms with Crippen molar-refractivity contribution in [1.82, 2.24) is 19.7 Å². The molecule has 0 spiro atoms. The van der Waals surface area contributed by atoms with Crippen molar-refractivity contribution in [2.45, 2.75) is 25.9 Å². The molecule has 3 aromatic rings. The number of hydrogen-bond donors (Lipinski definition) is 2. The fourth-order valence-corrected chi connectivity index (χ4v) is 3.22. The van der Waals surface area contributed by atoms with Gasteiger partial charge in [-0.2, -0.15) is 17.5 Å². The van der Waals surface area contributed by atoms with E-state index in [2.05, 4.69) is 19.7 Å². The number of aromatic amines is 1. The van der Waals surface area contributed by atoms with E-state index in [0.717, 1.165) is 30.1 Å². The van der Waals surface area contributed by atoms with Crippen LogP contribution in [0, 0.1) is 0 Å². The number of fused-ring (bicyclic) bond motifs is 1. The summed E-state index contributed by atoms with van der Waals surface area (Å²) in [5.74, 6) is -0.169. The molecule has 142 valence electrons. The third-order valence-corrected chi connectivity index (χ3v) is 4.58. The van der Waals surface area contributed by atoms with Gasteiger partial charge in [-0.3, -0.25) is 9.59 Å². The SMILES string of the molecule is CCCNC(=O)Cc1nc2c(-c3cccc(C(F)(F)F)c3)nsc2c(=O)[nH]1. The summed E-state index contributed by atoms with van der Waals surface area (Å²) >= 11 is 0.852. The van der Waals surface area contributed by atoms with E-state index in [1.807, 2.05) is 6.92 Å². The molecule has 3 rings (SSSR count). The van der Waals surface area contributed by atoms with E-state index in [-0.39, 0.29) is 39.6 Å². The highest BCUT2D eigenvalue weighted by Gasteiger charge is 2.31. The number of amides is 1. The number of aromatic nitrogens is 3. The van der Waals surface area contributed by atoms with E-state index < -0.39 is 17.3 Å². The van der Waals surface area contributed by atoms with Crippen LogP contribution in [0.3, 0.4) is 0 Å². The quantitative estimate of drug-likeness (QED) is 0.694. The Hall–Kier alpha value is -2.75. The van der Waals surface area contributed by atoms with E-state index in [1.165, 1.54) is 12.1 Å². The van der Waals surface area contributed by atoms with Gasteiger partial charge in [-0.1, -0.05) is 19.1 Å². The van der Waals surface area contributed by atoms with Gasteiger partial charge in [-0.15, -0.1) is 0 Å². The van der Waals surface area contributed by atoms with Crippen LogP contribution in [0.15, 0.2) is 29.1 Å². The summed E-state index contributed by atoms with van der Waals surface area (Å²) < 4.78 is 43.2. The van der Waals surface area contributed by atoms with Gasteiger partial charge < -0.3 is 10.3 Å². The molecule has 0 bridgehead atoms. The lowest BCUT2D eigenvalue weighted by molar-refractivity contribution is -0.137. The zero-order valence-electron chi connectivity index (χ0n) is 14.2. The maximum absolute atomic E-state index is 13.0. The van der Waals surface area contributed by atoms with Crippen LogP contribution >= 0.6 is 11.5 Å². The Bertz CT molecular complexity index is 1040. The second kappa shape index (κ2) is 7.47. The Morgan fingerprint density at radius 1 is 1.33 bits per heavy atom. The van der Waals surface area contributed by atoms with Gasteiger partial charge in [0, 0.05) is 12.1 Å². The van der Waals surface area contributed by atoms with E-state index in [9.17, 15) is 22.8 Å². The van der Waals surface area contributed by atoms with Crippen molar-refractivity contribution in [2.75, 3.05) is 6.54 Å². The van der Waals surface area contributed by atoms with E-state index in [0.29, 0.717) is 6.54 Å². The van der Waals surface area contributed by atoms with Crippen LogP contribution in [0.1, 0.15) is 24.7 Å². The Morgan fingerprint density at radius 2 is 2.11 bits per heavy atom. The van der Waals surface area contributed by atoms with E-state index in [1.54, 1.807) is 0 Å². The highest BCUT2D eigenvalue weighted by atomic mass is 32.1. The highest BCUT2D eigenvalue weighted by molar-refractivity contribution is 7.13. The number of H-pyrrole nitrogens is 1. The summed E-state index contributed by atoms with van der Waals surface area (Å²) in [5.41, 5.74) is -0.724. The standard InChI is InChI=1S/C17H15F3N4O2S/c1-2-6-21-12(25)8-11-22-14-13(24-27-15(14)16(26)23-11)9-4-3-5-10(7-9)17(18,19)20/h3-5,7H,2,6,8H2,1H3,(H,21,25)(H,22,23,26). The van der Waals surface area contributed by atoms with Crippen molar-refractivity contribution in [3.05, 3.63) is 46.0 Å². The van der Waals surface area contributed by atoms with Crippen LogP contribution in [0.4, 0.5) is 13.2 Å². The van der Waals surface area contributed by atoms with Gasteiger partial charge in [0.25, 0.3) is 5.56 Å². The molecule has 27 heavy (non-hydrogen) atoms. The molecule has 2 heterocycles. The molecule has 0 atom stereocenters. The third kappa shape index (κ3) is 4.16. The van der Waals surface area contributed by atoms with Crippen molar-refractivity contribution >= 4 is 27.7 Å². The number of nitrogens with one attached hydrogen (secondary N) is 2. The average Bonchev–Trinajstić information content (AvgIpc) is 3.04. The molecule has 0 fully saturated rings. The Kier molecular flexibility index (Phi) is 5.26. The minimum absolute atomic E-state index is 0.134. The van der Waals surface area contributed by atoms with Gasteiger partial charge in [0.2, 0.25) is 5.91 Å². The maximum atomic E-state index is 13.0. The van der Waals surface area contributed by atoms with Gasteiger partial charge in [0.15, 0.2) is 0 Å². The Balaban J connectivity index is 2.03. The predicted octanol–water partition coefficient (Wildman–Crippen LogP) is 3.13. The van der Waals surface area contributed by atoms with Crippen molar-refractivity contribution in [3.63, 3.8) is 0 Å². The summed E-state index contributed by atoms with van der Waals surface area (Å²) in [6, 6.07) is 4.67. The van der Waals surface area contributed by atoms with Crippen LogP contribution in [0.5, 0.6) is 0 Å². The summed E-state index contributed by atoms with van der Waals surface area (Å²) in [7, 11) is 0. The fourth-order valence-electron chi connectivity index (χ4n) is 2.48. The molecule has 0 aliphatic heterocycles. The van der Waals surface area contributed by atoms with Crippen LogP contribution in [-0.2, 0) is 17.4 Å². The minimum Gasteiger partial charge on any atom is -0.356 e. The maximum Gasteiger partial charge on any atom is 0.416 e. The lowest BCUT2D eigenvalue weighted by Gasteiger charge is -2.08. The first-order valence-corrected chi connectivity index (χ1v) is 8.90. The summed E-state index contributed by atoms with van der Waals surface area (Å²) in [6.45, 7) is 2.41. The first kappa shape index (κ1) is 19.0. The van der Waals surface area contributed by atoms with Crippen molar-refractivity contribution in [1.29, 1.82) is 0 Å². The highest BCUT2D eigenvalue weighted by Crippen LogP contribution is 2.34. The fraction of sp³-hybridized carbons (Fsp3) is 0.294. The molecule has 0 aliphatic carbocycles. The molecular weight excluding hydrogens is 381 g/mol.